The lowest BCUT2D eigenvalue weighted by Crippen LogP contribution is -2.24. The van der Waals surface area contributed by atoms with Crippen molar-refractivity contribution in [1.82, 2.24) is 24.8 Å². The summed E-state index contributed by atoms with van der Waals surface area (Å²) in [6.45, 7) is 4.46. The van der Waals surface area contributed by atoms with Gasteiger partial charge in [0.15, 0.2) is 17.4 Å². The molecule has 0 aliphatic carbocycles. The van der Waals surface area contributed by atoms with Crippen LogP contribution in [0, 0.1) is 11.6 Å². The minimum absolute atomic E-state index is 0.0335. The van der Waals surface area contributed by atoms with E-state index in [1.54, 1.807) is 18.6 Å². The molecule has 0 fully saturated rings. The Kier molecular flexibility index (Phi) is 6.91. The van der Waals surface area contributed by atoms with Crippen LogP contribution in [0.25, 0.3) is 11.0 Å². The number of hydrogen-bond acceptors (Lipinski definition) is 6. The number of hydrogen-bond donors (Lipinski definition) is 1. The van der Waals surface area contributed by atoms with Gasteiger partial charge >= 0.3 is 0 Å². The van der Waals surface area contributed by atoms with Gasteiger partial charge in [-0.15, -0.1) is 0 Å². The summed E-state index contributed by atoms with van der Waals surface area (Å²) in [7, 11) is 0. The van der Waals surface area contributed by atoms with Gasteiger partial charge in [0.25, 0.3) is 11.1 Å². The number of pyridine rings is 2. The first kappa shape index (κ1) is 24.5. The first-order valence-corrected chi connectivity index (χ1v) is 12.5. The van der Waals surface area contributed by atoms with Gasteiger partial charge in [0.2, 0.25) is 0 Å². The predicted molar refractivity (Wildman–Crippen MR) is 137 cm³/mol. The number of nitrogens with one attached hydrogen (secondary N) is 1. The molecule has 7 nitrogen and oxygen atoms in total. The Bertz CT molecular complexity index is 1550. The minimum atomic E-state index is -0.962. The van der Waals surface area contributed by atoms with E-state index in [4.69, 9.17) is 4.74 Å². The van der Waals surface area contributed by atoms with Crippen LogP contribution in [-0.4, -0.2) is 25.4 Å². The van der Waals surface area contributed by atoms with Crippen molar-refractivity contribution >= 4 is 28.3 Å². The van der Waals surface area contributed by atoms with E-state index in [0.717, 1.165) is 23.5 Å². The molecule has 5 aromatic rings. The average Bonchev–Trinajstić information content (AvgIpc) is 3.51. The van der Waals surface area contributed by atoms with E-state index in [-0.39, 0.29) is 18.4 Å². The number of aromatic nitrogens is 4. The van der Waals surface area contributed by atoms with E-state index in [1.165, 1.54) is 17.4 Å². The standard InChI is InChI=1S/C27H23F2N5O2S/c1-16(2)25-23(26(35)33-13-17-6-7-20(28)21(29)11-17)24-22(34(25)15-18-5-3-4-8-30-18)12-19(14-32-24)36-27-31-9-10-37-27/h3-12,14,16H,13,15H2,1-2H3,(H,33,35). The molecule has 4 heterocycles. The van der Waals surface area contributed by atoms with Gasteiger partial charge < -0.3 is 14.6 Å². The Hall–Kier alpha value is -4.18. The predicted octanol–water partition coefficient (Wildman–Crippen LogP) is 6.06. The number of carbonyl (C=O) groups excluding carboxylic acids is 1. The van der Waals surface area contributed by atoms with E-state index in [2.05, 4.69) is 20.3 Å². The van der Waals surface area contributed by atoms with Crippen molar-refractivity contribution in [3.8, 4) is 10.9 Å². The quantitative estimate of drug-likeness (QED) is 0.270. The van der Waals surface area contributed by atoms with E-state index in [0.29, 0.717) is 39.6 Å². The molecular weight excluding hydrogens is 496 g/mol. The maximum atomic E-state index is 13.7. The molecule has 188 valence electrons. The third-order valence-corrected chi connectivity index (χ3v) is 6.44. The second kappa shape index (κ2) is 10.4. The summed E-state index contributed by atoms with van der Waals surface area (Å²) in [6.07, 6.45) is 4.94. The monoisotopic (exact) mass is 519 g/mol. The lowest BCUT2D eigenvalue weighted by molar-refractivity contribution is 0.0950. The maximum absolute atomic E-state index is 13.7. The van der Waals surface area contributed by atoms with Crippen LogP contribution >= 0.6 is 11.3 Å². The molecule has 1 amide bonds. The second-order valence-corrected chi connectivity index (χ2v) is 9.55. The number of rotatable bonds is 8. The number of nitrogens with zero attached hydrogens (tertiary/aromatic N) is 4. The fourth-order valence-corrected chi connectivity index (χ4v) is 4.71. The minimum Gasteiger partial charge on any atom is -0.429 e. The smallest absolute Gasteiger partial charge is 0.278 e. The third kappa shape index (κ3) is 5.19. The zero-order valence-corrected chi connectivity index (χ0v) is 20.9. The maximum Gasteiger partial charge on any atom is 0.278 e. The van der Waals surface area contributed by atoms with Crippen LogP contribution in [0.1, 0.15) is 47.1 Å². The molecule has 1 N–H and O–H groups in total. The van der Waals surface area contributed by atoms with E-state index >= 15 is 0 Å². The highest BCUT2D eigenvalue weighted by atomic mass is 32.1. The van der Waals surface area contributed by atoms with Crippen molar-refractivity contribution in [1.29, 1.82) is 0 Å². The van der Waals surface area contributed by atoms with Crippen molar-refractivity contribution < 1.29 is 18.3 Å². The first-order valence-electron chi connectivity index (χ1n) is 11.6. The van der Waals surface area contributed by atoms with Gasteiger partial charge in [-0.1, -0.05) is 37.3 Å². The van der Waals surface area contributed by atoms with Crippen LogP contribution in [-0.2, 0) is 13.1 Å². The van der Waals surface area contributed by atoms with Gasteiger partial charge in [-0.25, -0.2) is 18.7 Å². The summed E-state index contributed by atoms with van der Waals surface area (Å²) < 4.78 is 34.9. The van der Waals surface area contributed by atoms with Gasteiger partial charge in [-0.2, -0.15) is 0 Å². The molecule has 5 rings (SSSR count). The molecule has 0 unspecified atom stereocenters. The molecule has 10 heteroatoms. The van der Waals surface area contributed by atoms with Crippen LogP contribution < -0.4 is 10.1 Å². The van der Waals surface area contributed by atoms with Crippen LogP contribution in [0.3, 0.4) is 0 Å². The number of amides is 1. The van der Waals surface area contributed by atoms with Gasteiger partial charge in [0.05, 0.1) is 29.5 Å². The van der Waals surface area contributed by atoms with Crippen LogP contribution in [0.5, 0.6) is 10.9 Å². The van der Waals surface area contributed by atoms with E-state index in [1.807, 2.05) is 48.1 Å². The van der Waals surface area contributed by atoms with Crippen LogP contribution in [0.15, 0.2) is 66.4 Å². The summed E-state index contributed by atoms with van der Waals surface area (Å²) in [4.78, 5) is 26.8. The van der Waals surface area contributed by atoms with Crippen molar-refractivity contribution in [3.05, 3.63) is 101 Å². The molecule has 0 saturated heterocycles. The molecule has 0 radical (unpaired) electrons. The average molecular weight is 520 g/mol. The number of halogens is 2. The molecule has 0 atom stereocenters. The third-order valence-electron chi connectivity index (χ3n) is 5.79. The van der Waals surface area contributed by atoms with Crippen LogP contribution in [0.4, 0.5) is 8.78 Å². The number of ether oxygens (including phenoxy) is 1. The summed E-state index contributed by atoms with van der Waals surface area (Å²) in [6, 6.07) is 11.1. The highest BCUT2D eigenvalue weighted by molar-refractivity contribution is 7.11. The molecule has 0 aliphatic rings. The summed E-state index contributed by atoms with van der Waals surface area (Å²) in [5.74, 6) is -1.80. The largest absolute Gasteiger partial charge is 0.429 e. The fourth-order valence-electron chi connectivity index (χ4n) is 4.21. The Morgan fingerprint density at radius 2 is 1.95 bits per heavy atom. The number of thiazole rings is 1. The Balaban J connectivity index is 1.57. The lowest BCUT2D eigenvalue weighted by Gasteiger charge is -2.15. The molecule has 4 aromatic heterocycles. The molecule has 1 aromatic carbocycles. The Labute approximate surface area is 215 Å². The van der Waals surface area contributed by atoms with Crippen LogP contribution in [0.2, 0.25) is 0 Å². The number of fused-ring (bicyclic) bond motifs is 1. The topological polar surface area (TPSA) is 81.9 Å². The van der Waals surface area contributed by atoms with Gasteiger partial charge in [-0.3, -0.25) is 9.78 Å². The number of carbonyl (C=O) groups is 1. The molecule has 0 spiro atoms. The van der Waals surface area contributed by atoms with Gasteiger partial charge in [0.1, 0.15) is 5.52 Å². The molecule has 0 bridgehead atoms. The van der Waals surface area contributed by atoms with Crippen molar-refractivity contribution in [2.24, 2.45) is 0 Å². The highest BCUT2D eigenvalue weighted by Gasteiger charge is 2.26. The molecular formula is C27H23F2N5O2S. The highest BCUT2D eigenvalue weighted by Crippen LogP contribution is 2.34. The summed E-state index contributed by atoms with van der Waals surface area (Å²) >= 11 is 1.36. The SMILES string of the molecule is CC(C)c1c(C(=O)NCc2ccc(F)c(F)c2)c2ncc(Oc3nccs3)cc2n1Cc1ccccn1. The van der Waals surface area contributed by atoms with Gasteiger partial charge in [-0.05, 0) is 35.7 Å². The zero-order valence-electron chi connectivity index (χ0n) is 20.1. The summed E-state index contributed by atoms with van der Waals surface area (Å²) in [5.41, 5.74) is 3.69. The molecule has 37 heavy (non-hydrogen) atoms. The lowest BCUT2D eigenvalue weighted by atomic mass is 10.0. The van der Waals surface area contributed by atoms with Gasteiger partial charge in [0, 0.05) is 36.1 Å². The second-order valence-electron chi connectivity index (χ2n) is 8.69. The number of benzene rings is 1. The van der Waals surface area contributed by atoms with E-state index < -0.39 is 11.6 Å². The van der Waals surface area contributed by atoms with Crippen molar-refractivity contribution in [2.75, 3.05) is 0 Å². The zero-order chi connectivity index (χ0) is 25.9. The normalized spacial score (nSPS) is 11.3. The first-order chi connectivity index (χ1) is 17.9. The van der Waals surface area contributed by atoms with E-state index in [9.17, 15) is 13.6 Å². The molecule has 0 saturated carbocycles. The fraction of sp³-hybridized carbons (Fsp3) is 0.185. The molecule has 0 aliphatic heterocycles. The summed E-state index contributed by atoms with van der Waals surface area (Å²) in [5, 5.41) is 5.14. The Morgan fingerprint density at radius 3 is 2.65 bits per heavy atom. The van der Waals surface area contributed by atoms with Crippen molar-refractivity contribution in [2.45, 2.75) is 32.9 Å². The Morgan fingerprint density at radius 1 is 1.08 bits per heavy atom. The van der Waals surface area contributed by atoms with Crippen molar-refractivity contribution in [3.63, 3.8) is 0 Å².